The number of halogens is 1. The molecule has 1 saturated heterocycles. The molecule has 1 heterocycles. The SMILES string of the molecule is C[C@]12CC(O)[C@@]3(F)[C@@H](CCC45OC4C(=O)CC[C@@]53C)[C@@H]1CC[C@]2(O)C(=O)CO. The first kappa shape index (κ1) is 19.1. The number of ether oxygens (including phenoxy) is 1. The van der Waals surface area contributed by atoms with Gasteiger partial charge in [-0.2, -0.15) is 0 Å². The zero-order valence-electron chi connectivity index (χ0n) is 16.4. The molecule has 0 aromatic rings. The Morgan fingerprint density at radius 2 is 1.89 bits per heavy atom. The van der Waals surface area contributed by atoms with E-state index < -0.39 is 58.2 Å². The van der Waals surface area contributed by atoms with Crippen molar-refractivity contribution in [2.45, 2.75) is 87.9 Å². The van der Waals surface area contributed by atoms with Gasteiger partial charge in [0.05, 0.1) is 6.10 Å². The van der Waals surface area contributed by atoms with Gasteiger partial charge in [-0.15, -0.1) is 0 Å². The minimum atomic E-state index is -1.93. The normalized spacial score (nSPS) is 59.7. The molecule has 7 heteroatoms. The van der Waals surface area contributed by atoms with Crippen LogP contribution in [0.4, 0.5) is 4.39 Å². The lowest BCUT2D eigenvalue weighted by atomic mass is 9.41. The number of carbonyl (C=O) groups is 2. The van der Waals surface area contributed by atoms with Crippen LogP contribution in [0.15, 0.2) is 0 Å². The summed E-state index contributed by atoms with van der Waals surface area (Å²) in [6.45, 7) is 2.81. The number of aliphatic hydroxyl groups excluding tert-OH is 2. The molecule has 1 spiro atoms. The lowest BCUT2D eigenvalue weighted by Gasteiger charge is -2.64. The largest absolute Gasteiger partial charge is 0.390 e. The standard InChI is InChI=1S/C21H29FO6/c1-17-9-14(25)21(22)12(11(17)3-7-19(17,27)15(26)10-23)4-8-20-16(28-20)13(24)5-6-18(20,21)2/h11-12,14,16,23,25,27H,3-10H2,1-2H3/t11-,12-,14?,16?,17-,18-,19-,20?,21-/m0/s1. The molecule has 1 aliphatic heterocycles. The number of alkyl halides is 1. The van der Waals surface area contributed by atoms with Gasteiger partial charge in [0.1, 0.15) is 29.6 Å². The fourth-order valence-electron chi connectivity index (χ4n) is 8.10. The lowest BCUT2D eigenvalue weighted by Crippen LogP contribution is -2.73. The van der Waals surface area contributed by atoms with Crippen LogP contribution < -0.4 is 0 Å². The lowest BCUT2D eigenvalue weighted by molar-refractivity contribution is -0.254. The average Bonchev–Trinajstić information content (AvgIpc) is 3.35. The number of rotatable bonds is 2. The van der Waals surface area contributed by atoms with Crippen LogP contribution in [0.2, 0.25) is 0 Å². The summed E-state index contributed by atoms with van der Waals surface area (Å²) < 4.78 is 22.9. The molecule has 5 fully saturated rings. The number of fused-ring (bicyclic) bond motifs is 4. The molecule has 6 nitrogen and oxygen atoms in total. The van der Waals surface area contributed by atoms with E-state index in [2.05, 4.69) is 0 Å². The van der Waals surface area contributed by atoms with Crippen molar-refractivity contribution >= 4 is 11.6 Å². The van der Waals surface area contributed by atoms with Crippen molar-refractivity contribution < 1.29 is 34.0 Å². The summed E-state index contributed by atoms with van der Waals surface area (Å²) in [5.74, 6) is -1.41. The van der Waals surface area contributed by atoms with E-state index >= 15 is 4.39 Å². The third kappa shape index (κ3) is 1.72. The molecular formula is C21H29FO6. The van der Waals surface area contributed by atoms with Crippen molar-refractivity contribution in [1.82, 2.24) is 0 Å². The Bertz CT molecular complexity index is 772. The highest BCUT2D eigenvalue weighted by atomic mass is 19.1. The summed E-state index contributed by atoms with van der Waals surface area (Å²) >= 11 is 0. The quantitative estimate of drug-likeness (QED) is 0.603. The topological polar surface area (TPSA) is 107 Å². The number of hydrogen-bond acceptors (Lipinski definition) is 6. The predicted octanol–water partition coefficient (Wildman–Crippen LogP) is 1.08. The number of hydrogen-bond donors (Lipinski definition) is 3. The second-order valence-electron chi connectivity index (χ2n) is 10.3. The Morgan fingerprint density at radius 1 is 1.21 bits per heavy atom. The monoisotopic (exact) mass is 396 g/mol. The van der Waals surface area contributed by atoms with Crippen molar-refractivity contribution in [3.05, 3.63) is 0 Å². The van der Waals surface area contributed by atoms with E-state index in [1.807, 2.05) is 6.92 Å². The van der Waals surface area contributed by atoms with E-state index in [0.717, 1.165) is 0 Å². The van der Waals surface area contributed by atoms with Gasteiger partial charge >= 0.3 is 0 Å². The van der Waals surface area contributed by atoms with E-state index in [4.69, 9.17) is 4.74 Å². The van der Waals surface area contributed by atoms with Gasteiger partial charge in [-0.25, -0.2) is 4.39 Å². The van der Waals surface area contributed by atoms with Crippen LogP contribution in [0.3, 0.4) is 0 Å². The summed E-state index contributed by atoms with van der Waals surface area (Å²) in [5, 5.41) is 31.7. The summed E-state index contributed by atoms with van der Waals surface area (Å²) in [5.41, 5.74) is -6.45. The van der Waals surface area contributed by atoms with Crippen LogP contribution in [0.5, 0.6) is 0 Å². The molecule has 156 valence electrons. The van der Waals surface area contributed by atoms with Crippen LogP contribution in [0.1, 0.15) is 58.8 Å². The van der Waals surface area contributed by atoms with Crippen molar-refractivity contribution in [1.29, 1.82) is 0 Å². The minimum absolute atomic E-state index is 0.0263. The van der Waals surface area contributed by atoms with E-state index in [1.165, 1.54) is 0 Å². The molecule has 0 bridgehead atoms. The summed E-state index contributed by atoms with van der Waals surface area (Å²) in [7, 11) is 0. The van der Waals surface area contributed by atoms with Gasteiger partial charge in [0.15, 0.2) is 11.6 Å². The fraction of sp³-hybridized carbons (Fsp3) is 0.905. The second-order valence-corrected chi connectivity index (χ2v) is 10.3. The first-order valence-electron chi connectivity index (χ1n) is 10.5. The van der Waals surface area contributed by atoms with E-state index in [9.17, 15) is 24.9 Å². The van der Waals surface area contributed by atoms with Crippen molar-refractivity contribution in [2.75, 3.05) is 6.61 Å². The third-order valence-electron chi connectivity index (χ3n) is 9.78. The van der Waals surface area contributed by atoms with E-state index in [-0.39, 0.29) is 31.0 Å². The number of carbonyl (C=O) groups excluding carboxylic acids is 2. The maximum absolute atomic E-state index is 17.0. The smallest absolute Gasteiger partial charge is 0.190 e. The first-order chi connectivity index (χ1) is 13.0. The van der Waals surface area contributed by atoms with Crippen LogP contribution in [0, 0.1) is 22.7 Å². The average molecular weight is 396 g/mol. The van der Waals surface area contributed by atoms with Gasteiger partial charge in [-0.3, -0.25) is 9.59 Å². The highest BCUT2D eigenvalue weighted by Crippen LogP contribution is 2.75. The number of Topliss-reactive ketones (excluding diaryl/α,β-unsaturated/α-hetero) is 2. The predicted molar refractivity (Wildman–Crippen MR) is 95.0 cm³/mol. The molecule has 5 rings (SSSR count). The molecule has 0 aromatic carbocycles. The molecular weight excluding hydrogens is 367 g/mol. The molecule has 0 amide bonds. The minimum Gasteiger partial charge on any atom is -0.390 e. The molecule has 3 N–H and O–H groups in total. The van der Waals surface area contributed by atoms with E-state index in [1.54, 1.807) is 6.92 Å². The van der Waals surface area contributed by atoms with Crippen LogP contribution in [-0.4, -0.2) is 62.6 Å². The molecule has 3 unspecified atom stereocenters. The third-order valence-corrected chi connectivity index (χ3v) is 9.78. The molecule has 5 aliphatic rings. The first-order valence-corrected chi connectivity index (χ1v) is 10.5. The summed E-state index contributed by atoms with van der Waals surface area (Å²) in [4.78, 5) is 24.6. The van der Waals surface area contributed by atoms with Gasteiger partial charge < -0.3 is 20.1 Å². The van der Waals surface area contributed by atoms with Crippen molar-refractivity contribution in [3.8, 4) is 0 Å². The number of ketones is 2. The van der Waals surface area contributed by atoms with Gasteiger partial charge in [0.2, 0.25) is 0 Å². The van der Waals surface area contributed by atoms with Crippen LogP contribution in [0.25, 0.3) is 0 Å². The molecule has 0 aromatic heterocycles. The van der Waals surface area contributed by atoms with Gasteiger partial charge in [0, 0.05) is 17.3 Å². The molecule has 4 saturated carbocycles. The number of aliphatic hydroxyl groups is 3. The van der Waals surface area contributed by atoms with Crippen LogP contribution in [-0.2, 0) is 14.3 Å². The Hall–Kier alpha value is -0.890. The number of epoxide rings is 1. The van der Waals surface area contributed by atoms with Crippen LogP contribution >= 0.6 is 0 Å². The van der Waals surface area contributed by atoms with Crippen molar-refractivity contribution in [3.63, 3.8) is 0 Å². The van der Waals surface area contributed by atoms with Gasteiger partial charge in [0.25, 0.3) is 0 Å². The highest BCUT2D eigenvalue weighted by molar-refractivity contribution is 5.90. The Morgan fingerprint density at radius 3 is 2.57 bits per heavy atom. The van der Waals surface area contributed by atoms with Gasteiger partial charge in [-0.1, -0.05) is 13.8 Å². The maximum Gasteiger partial charge on any atom is 0.190 e. The Labute approximate surface area is 163 Å². The fourth-order valence-corrected chi connectivity index (χ4v) is 8.10. The molecule has 28 heavy (non-hydrogen) atoms. The van der Waals surface area contributed by atoms with Crippen molar-refractivity contribution in [2.24, 2.45) is 22.7 Å². The Kier molecular flexibility index (Phi) is 3.57. The second kappa shape index (κ2) is 5.23. The molecule has 9 atom stereocenters. The zero-order valence-corrected chi connectivity index (χ0v) is 16.4. The van der Waals surface area contributed by atoms with E-state index in [0.29, 0.717) is 25.7 Å². The highest BCUT2D eigenvalue weighted by Gasteiger charge is 2.84. The summed E-state index contributed by atoms with van der Waals surface area (Å²) in [6, 6.07) is 0. The maximum atomic E-state index is 17.0. The molecule has 4 aliphatic carbocycles. The molecule has 0 radical (unpaired) electrons. The Balaban J connectivity index is 1.59. The zero-order chi connectivity index (χ0) is 20.3. The van der Waals surface area contributed by atoms with Gasteiger partial charge in [-0.05, 0) is 50.4 Å². The summed E-state index contributed by atoms with van der Waals surface area (Å²) in [6.07, 6.45) is 0.293.